The van der Waals surface area contributed by atoms with Crippen LogP contribution in [-0.2, 0) is 23.5 Å². The number of rotatable bonds is 2. The van der Waals surface area contributed by atoms with Crippen LogP contribution < -0.4 is 4.31 Å². The molecule has 0 radical (unpaired) electrons. The van der Waals surface area contributed by atoms with Crippen molar-refractivity contribution in [3.05, 3.63) is 41.2 Å². The molecule has 1 aromatic heterocycles. The predicted molar refractivity (Wildman–Crippen MR) is 86.5 cm³/mol. The number of nitrogens with zero attached hydrogens (tertiary/aromatic N) is 3. The largest absolute Gasteiger partial charge is 0.271 e. The van der Waals surface area contributed by atoms with E-state index in [1.165, 1.54) is 0 Å². The van der Waals surface area contributed by atoms with Crippen molar-refractivity contribution in [3.63, 3.8) is 0 Å². The maximum Gasteiger partial charge on any atom is 0.268 e. The van der Waals surface area contributed by atoms with E-state index in [4.69, 9.17) is 0 Å². The Hall–Kier alpha value is -1.82. The molecule has 1 aliphatic heterocycles. The second-order valence-electron chi connectivity index (χ2n) is 6.10. The van der Waals surface area contributed by atoms with Crippen LogP contribution in [0, 0.1) is 19.8 Å². The fourth-order valence-electron chi connectivity index (χ4n) is 3.21. The Morgan fingerprint density at radius 2 is 1.91 bits per heavy atom. The molecule has 0 unspecified atom stereocenters. The molecule has 5 nitrogen and oxygen atoms in total. The summed E-state index contributed by atoms with van der Waals surface area (Å²) in [5.74, 6) is 0.293. The first-order chi connectivity index (χ1) is 10.3. The minimum Gasteiger partial charge on any atom is -0.271 e. The van der Waals surface area contributed by atoms with Gasteiger partial charge in [0.2, 0.25) is 0 Å². The molecule has 6 heteroatoms. The predicted octanol–water partition coefficient (Wildman–Crippen LogP) is 2.42. The average molecular weight is 319 g/mol. The van der Waals surface area contributed by atoms with Crippen molar-refractivity contribution in [3.8, 4) is 0 Å². The average Bonchev–Trinajstić information content (AvgIpc) is 2.71. The third kappa shape index (κ3) is 2.22. The second kappa shape index (κ2) is 5.12. The summed E-state index contributed by atoms with van der Waals surface area (Å²) in [5, 5.41) is 4.26. The third-order valence-electron chi connectivity index (χ3n) is 4.30. The molecule has 0 spiro atoms. The summed E-state index contributed by atoms with van der Waals surface area (Å²) < 4.78 is 29.6. The van der Waals surface area contributed by atoms with Crippen molar-refractivity contribution in [1.29, 1.82) is 0 Å². The van der Waals surface area contributed by atoms with Crippen LogP contribution in [0.4, 0.5) is 5.69 Å². The smallest absolute Gasteiger partial charge is 0.268 e. The molecule has 0 N–H and O–H groups in total. The van der Waals surface area contributed by atoms with Gasteiger partial charge in [0, 0.05) is 13.6 Å². The maximum atomic E-state index is 13.2. The van der Waals surface area contributed by atoms with Crippen molar-refractivity contribution >= 4 is 15.7 Å². The minimum absolute atomic E-state index is 0.293. The number of sulfonamides is 1. The first-order valence-corrected chi connectivity index (χ1v) is 8.87. The van der Waals surface area contributed by atoms with Crippen LogP contribution in [0.1, 0.15) is 23.9 Å². The lowest BCUT2D eigenvalue weighted by Crippen LogP contribution is -2.39. The molecule has 22 heavy (non-hydrogen) atoms. The number of aromatic nitrogens is 2. The lowest BCUT2D eigenvalue weighted by atomic mass is 9.96. The van der Waals surface area contributed by atoms with E-state index in [9.17, 15) is 8.42 Å². The summed E-state index contributed by atoms with van der Waals surface area (Å²) >= 11 is 0. The topological polar surface area (TPSA) is 55.2 Å². The summed E-state index contributed by atoms with van der Waals surface area (Å²) in [7, 11) is -1.83. The number of anilines is 1. The van der Waals surface area contributed by atoms with Crippen LogP contribution in [-0.4, -0.2) is 24.7 Å². The van der Waals surface area contributed by atoms with E-state index in [2.05, 4.69) is 12.0 Å². The van der Waals surface area contributed by atoms with Gasteiger partial charge in [-0.2, -0.15) is 5.10 Å². The number of hydrogen-bond acceptors (Lipinski definition) is 3. The van der Waals surface area contributed by atoms with E-state index in [1.807, 2.05) is 24.3 Å². The molecule has 2 heterocycles. The third-order valence-corrected chi connectivity index (χ3v) is 6.33. The monoisotopic (exact) mass is 319 g/mol. The first-order valence-electron chi connectivity index (χ1n) is 7.43. The molecule has 0 saturated heterocycles. The molecule has 0 bridgehead atoms. The molecule has 2 aromatic rings. The van der Waals surface area contributed by atoms with E-state index >= 15 is 0 Å². The van der Waals surface area contributed by atoms with Gasteiger partial charge < -0.3 is 0 Å². The highest BCUT2D eigenvalue weighted by atomic mass is 32.2. The number of fused-ring (bicyclic) bond motifs is 1. The normalized spacial score (nSPS) is 18.4. The molecule has 1 aliphatic rings. The van der Waals surface area contributed by atoms with Gasteiger partial charge in [0.25, 0.3) is 10.0 Å². The van der Waals surface area contributed by atoms with Crippen molar-refractivity contribution in [2.24, 2.45) is 13.0 Å². The molecular formula is C16H21N3O2S. The van der Waals surface area contributed by atoms with Crippen LogP contribution >= 0.6 is 0 Å². The van der Waals surface area contributed by atoms with Gasteiger partial charge >= 0.3 is 0 Å². The fraction of sp³-hybridized carbons (Fsp3) is 0.438. The minimum atomic E-state index is -3.60. The molecule has 1 atom stereocenters. The van der Waals surface area contributed by atoms with Gasteiger partial charge in [-0.25, -0.2) is 8.42 Å². The van der Waals surface area contributed by atoms with E-state index in [0.29, 0.717) is 28.7 Å². The highest BCUT2D eigenvalue weighted by Crippen LogP contribution is 2.35. The summed E-state index contributed by atoms with van der Waals surface area (Å²) in [4.78, 5) is 0.332. The summed E-state index contributed by atoms with van der Waals surface area (Å²) in [5.41, 5.74) is 3.11. The van der Waals surface area contributed by atoms with E-state index in [-0.39, 0.29) is 0 Å². The van der Waals surface area contributed by atoms with Crippen LogP contribution in [0.5, 0.6) is 0 Å². The quantitative estimate of drug-likeness (QED) is 0.854. The van der Waals surface area contributed by atoms with Crippen LogP contribution in [0.25, 0.3) is 0 Å². The van der Waals surface area contributed by atoms with Gasteiger partial charge in [0.15, 0.2) is 0 Å². The summed E-state index contributed by atoms with van der Waals surface area (Å²) in [6.07, 6.45) is 0.910. The van der Waals surface area contributed by atoms with Gasteiger partial charge in [0.05, 0.1) is 17.1 Å². The van der Waals surface area contributed by atoms with Crippen LogP contribution in [0.15, 0.2) is 29.2 Å². The molecule has 0 aliphatic carbocycles. The van der Waals surface area contributed by atoms with Crippen molar-refractivity contribution < 1.29 is 8.42 Å². The van der Waals surface area contributed by atoms with E-state index in [0.717, 1.165) is 17.7 Å². The number of aryl methyl sites for hydroxylation is 2. The van der Waals surface area contributed by atoms with Crippen molar-refractivity contribution in [2.45, 2.75) is 32.1 Å². The van der Waals surface area contributed by atoms with Gasteiger partial charge in [0.1, 0.15) is 4.90 Å². The Labute approximate surface area is 131 Å². The molecule has 1 aromatic carbocycles. The van der Waals surface area contributed by atoms with Crippen molar-refractivity contribution in [2.75, 3.05) is 10.8 Å². The number of benzene rings is 1. The fourth-order valence-corrected chi connectivity index (χ4v) is 5.24. The highest BCUT2D eigenvalue weighted by molar-refractivity contribution is 7.93. The van der Waals surface area contributed by atoms with Crippen molar-refractivity contribution in [1.82, 2.24) is 9.78 Å². The Kier molecular flexibility index (Phi) is 3.51. The maximum absolute atomic E-state index is 13.2. The van der Waals surface area contributed by atoms with Crippen LogP contribution in [0.3, 0.4) is 0 Å². The second-order valence-corrected chi connectivity index (χ2v) is 7.90. The molecular weight excluding hydrogens is 298 g/mol. The Morgan fingerprint density at radius 3 is 2.55 bits per heavy atom. The van der Waals surface area contributed by atoms with Gasteiger partial charge in [-0.05, 0) is 37.8 Å². The Morgan fingerprint density at radius 1 is 1.23 bits per heavy atom. The standard InChI is InChI=1S/C16H21N3O2S/c1-11-9-14-7-5-6-8-15(14)19(10-11)22(20,21)16-12(2)17-18(4)13(16)3/h5-8,11H,9-10H2,1-4H3/t11-/m1/s1. The number of hydrogen-bond donors (Lipinski definition) is 0. The molecule has 3 rings (SSSR count). The molecule has 0 saturated carbocycles. The number of para-hydroxylation sites is 1. The lowest BCUT2D eigenvalue weighted by molar-refractivity contribution is 0.544. The molecule has 0 fully saturated rings. The SMILES string of the molecule is Cc1nn(C)c(C)c1S(=O)(=O)N1C[C@H](C)Cc2ccccc21. The zero-order chi connectivity index (χ0) is 16.1. The molecule has 0 amide bonds. The van der Waals surface area contributed by atoms with Gasteiger partial charge in [-0.3, -0.25) is 8.99 Å². The first kappa shape index (κ1) is 15.1. The lowest BCUT2D eigenvalue weighted by Gasteiger charge is -2.33. The highest BCUT2D eigenvalue weighted by Gasteiger charge is 2.35. The Bertz CT molecular complexity index is 824. The molecule has 118 valence electrons. The zero-order valence-corrected chi connectivity index (χ0v) is 14.2. The van der Waals surface area contributed by atoms with E-state index < -0.39 is 10.0 Å². The van der Waals surface area contributed by atoms with E-state index in [1.54, 1.807) is 29.9 Å². The summed E-state index contributed by atoms with van der Waals surface area (Å²) in [6, 6.07) is 7.75. The van der Waals surface area contributed by atoms with Crippen LogP contribution in [0.2, 0.25) is 0 Å². The zero-order valence-electron chi connectivity index (χ0n) is 13.4. The van der Waals surface area contributed by atoms with Gasteiger partial charge in [-0.1, -0.05) is 25.1 Å². The summed E-state index contributed by atoms with van der Waals surface area (Å²) in [6.45, 7) is 6.14. The van der Waals surface area contributed by atoms with Gasteiger partial charge in [-0.15, -0.1) is 0 Å². The Balaban J connectivity index is 2.18.